The molecule has 15 heavy (non-hydrogen) atoms. The maximum atomic E-state index is 11.0. The molecule has 1 rings (SSSR count). The van der Waals surface area contributed by atoms with Crippen LogP contribution in [0.1, 0.15) is 11.6 Å². The zero-order chi connectivity index (χ0) is 11.4. The lowest BCUT2D eigenvalue weighted by Crippen LogP contribution is -2.27. The summed E-state index contributed by atoms with van der Waals surface area (Å²) in [6, 6.07) is 0. The van der Waals surface area contributed by atoms with Crippen molar-refractivity contribution in [1.82, 2.24) is 19.7 Å². The van der Waals surface area contributed by atoms with E-state index in [9.17, 15) is 4.79 Å². The van der Waals surface area contributed by atoms with Gasteiger partial charge in [-0.05, 0) is 14.0 Å². The Morgan fingerprint density at radius 1 is 1.53 bits per heavy atom. The summed E-state index contributed by atoms with van der Waals surface area (Å²) in [4.78, 5) is 12.8. The molecule has 6 heteroatoms. The lowest BCUT2D eigenvalue weighted by molar-refractivity contribution is -0.141. The third-order valence-corrected chi connectivity index (χ3v) is 2.22. The van der Waals surface area contributed by atoms with Crippen LogP contribution in [0.4, 0.5) is 0 Å². The molecule has 0 aliphatic rings. The van der Waals surface area contributed by atoms with Crippen LogP contribution in [0.2, 0.25) is 0 Å². The summed E-state index contributed by atoms with van der Waals surface area (Å²) in [6.07, 6.45) is 0. The predicted molar refractivity (Wildman–Crippen MR) is 54.1 cm³/mol. The van der Waals surface area contributed by atoms with Crippen molar-refractivity contribution in [2.45, 2.75) is 13.5 Å². The zero-order valence-electron chi connectivity index (χ0n) is 9.52. The summed E-state index contributed by atoms with van der Waals surface area (Å²) >= 11 is 0. The molecule has 84 valence electrons. The Hall–Kier alpha value is -1.43. The molecule has 0 fully saturated rings. The number of aromatic nitrogens is 3. The van der Waals surface area contributed by atoms with E-state index in [-0.39, 0.29) is 12.5 Å². The lowest BCUT2D eigenvalue weighted by Gasteiger charge is -2.13. The summed E-state index contributed by atoms with van der Waals surface area (Å²) < 4.78 is 6.47. The Morgan fingerprint density at radius 3 is 2.67 bits per heavy atom. The monoisotopic (exact) mass is 212 g/mol. The van der Waals surface area contributed by atoms with Crippen molar-refractivity contribution in [1.29, 1.82) is 0 Å². The molecule has 0 saturated heterocycles. The normalized spacial score (nSPS) is 10.7. The fraction of sp³-hybridized carbons (Fsp3) is 0.667. The summed E-state index contributed by atoms with van der Waals surface area (Å²) in [5, 5.41) is 7.95. The Balaban J connectivity index is 2.55. The van der Waals surface area contributed by atoms with Gasteiger partial charge in [-0.25, -0.2) is 0 Å². The van der Waals surface area contributed by atoms with E-state index in [4.69, 9.17) is 0 Å². The molecule has 0 aliphatic heterocycles. The number of esters is 1. The molecule has 0 atom stereocenters. The van der Waals surface area contributed by atoms with Gasteiger partial charge in [-0.15, -0.1) is 10.2 Å². The first-order valence-electron chi connectivity index (χ1n) is 4.64. The fourth-order valence-corrected chi connectivity index (χ4v) is 1.17. The molecule has 0 saturated carbocycles. The molecular weight excluding hydrogens is 196 g/mol. The Bertz CT molecular complexity index is 348. The van der Waals surface area contributed by atoms with E-state index in [0.717, 1.165) is 11.6 Å². The van der Waals surface area contributed by atoms with Gasteiger partial charge in [-0.3, -0.25) is 9.69 Å². The molecule has 0 N–H and O–H groups in total. The molecule has 0 radical (unpaired) electrons. The third kappa shape index (κ3) is 3.02. The molecule has 1 heterocycles. The Morgan fingerprint density at radius 2 is 2.20 bits per heavy atom. The largest absolute Gasteiger partial charge is 0.468 e. The highest BCUT2D eigenvalue weighted by atomic mass is 16.5. The summed E-state index contributed by atoms with van der Waals surface area (Å²) in [6.45, 7) is 2.71. The quantitative estimate of drug-likeness (QED) is 0.643. The van der Waals surface area contributed by atoms with Gasteiger partial charge in [-0.1, -0.05) is 0 Å². The van der Waals surface area contributed by atoms with Crippen molar-refractivity contribution in [3.63, 3.8) is 0 Å². The molecular formula is C9H16N4O2. The molecule has 1 aromatic heterocycles. The molecule has 0 amide bonds. The fourth-order valence-electron chi connectivity index (χ4n) is 1.17. The van der Waals surface area contributed by atoms with Gasteiger partial charge in [-0.2, -0.15) is 0 Å². The van der Waals surface area contributed by atoms with Gasteiger partial charge in [0, 0.05) is 7.05 Å². The first kappa shape index (κ1) is 11.6. The van der Waals surface area contributed by atoms with Crippen LogP contribution < -0.4 is 0 Å². The molecule has 0 bridgehead atoms. The molecule has 6 nitrogen and oxygen atoms in total. The first-order valence-corrected chi connectivity index (χ1v) is 4.64. The maximum Gasteiger partial charge on any atom is 0.319 e. The summed E-state index contributed by atoms with van der Waals surface area (Å²) in [5.74, 6) is 1.44. The maximum absolute atomic E-state index is 11.0. The number of hydrogen-bond acceptors (Lipinski definition) is 5. The van der Waals surface area contributed by atoms with E-state index in [1.54, 1.807) is 0 Å². The minimum atomic E-state index is -0.253. The first-order chi connectivity index (χ1) is 7.04. The van der Waals surface area contributed by atoms with Crippen LogP contribution in [0.15, 0.2) is 0 Å². The average Bonchev–Trinajstić information content (AvgIpc) is 2.49. The SMILES string of the molecule is COC(=O)CN(C)Cc1nnc(C)n1C. The van der Waals surface area contributed by atoms with Crippen LogP contribution in [-0.4, -0.2) is 46.3 Å². The molecule has 0 spiro atoms. The van der Waals surface area contributed by atoms with E-state index in [0.29, 0.717) is 6.54 Å². The van der Waals surface area contributed by atoms with Crippen molar-refractivity contribution in [2.24, 2.45) is 7.05 Å². The highest BCUT2D eigenvalue weighted by molar-refractivity contribution is 5.71. The van der Waals surface area contributed by atoms with Gasteiger partial charge < -0.3 is 9.30 Å². The van der Waals surface area contributed by atoms with Crippen LogP contribution in [0.25, 0.3) is 0 Å². The van der Waals surface area contributed by atoms with Crippen LogP contribution in [-0.2, 0) is 23.1 Å². The van der Waals surface area contributed by atoms with Gasteiger partial charge in [0.25, 0.3) is 0 Å². The number of hydrogen-bond donors (Lipinski definition) is 0. The van der Waals surface area contributed by atoms with Crippen LogP contribution in [0.5, 0.6) is 0 Å². The zero-order valence-corrected chi connectivity index (χ0v) is 9.52. The predicted octanol–water partition coefficient (Wildman–Crippen LogP) is -0.272. The van der Waals surface area contributed by atoms with Crippen molar-refractivity contribution >= 4 is 5.97 Å². The highest BCUT2D eigenvalue weighted by Crippen LogP contribution is 2.01. The van der Waals surface area contributed by atoms with Crippen LogP contribution >= 0.6 is 0 Å². The third-order valence-electron chi connectivity index (χ3n) is 2.22. The van der Waals surface area contributed by atoms with Gasteiger partial charge >= 0.3 is 5.97 Å². The summed E-state index contributed by atoms with van der Waals surface area (Å²) in [5.41, 5.74) is 0. The van der Waals surface area contributed by atoms with E-state index < -0.39 is 0 Å². The van der Waals surface area contributed by atoms with E-state index in [1.165, 1.54) is 7.11 Å². The van der Waals surface area contributed by atoms with E-state index in [2.05, 4.69) is 14.9 Å². The molecule has 0 unspecified atom stereocenters. The molecule has 1 aromatic rings. The van der Waals surface area contributed by atoms with Crippen molar-refractivity contribution < 1.29 is 9.53 Å². The second kappa shape index (κ2) is 4.88. The molecule has 0 aliphatic carbocycles. The van der Waals surface area contributed by atoms with Crippen molar-refractivity contribution in [2.75, 3.05) is 20.7 Å². The topological polar surface area (TPSA) is 60.2 Å². The van der Waals surface area contributed by atoms with Crippen LogP contribution in [0.3, 0.4) is 0 Å². The number of aryl methyl sites for hydroxylation is 1. The smallest absolute Gasteiger partial charge is 0.319 e. The van der Waals surface area contributed by atoms with E-state index >= 15 is 0 Å². The number of ether oxygens (including phenoxy) is 1. The Labute approximate surface area is 88.8 Å². The second-order valence-electron chi connectivity index (χ2n) is 3.47. The van der Waals surface area contributed by atoms with Crippen molar-refractivity contribution in [3.05, 3.63) is 11.6 Å². The van der Waals surface area contributed by atoms with Crippen molar-refractivity contribution in [3.8, 4) is 0 Å². The van der Waals surface area contributed by atoms with Gasteiger partial charge in [0.1, 0.15) is 11.6 Å². The molecule has 0 aromatic carbocycles. The number of carbonyl (C=O) groups excluding carboxylic acids is 1. The van der Waals surface area contributed by atoms with Gasteiger partial charge in [0.2, 0.25) is 0 Å². The minimum absolute atomic E-state index is 0.252. The number of methoxy groups -OCH3 is 1. The van der Waals surface area contributed by atoms with Crippen LogP contribution in [0, 0.1) is 6.92 Å². The number of rotatable bonds is 4. The second-order valence-corrected chi connectivity index (χ2v) is 3.47. The lowest BCUT2D eigenvalue weighted by atomic mass is 10.5. The minimum Gasteiger partial charge on any atom is -0.468 e. The Kier molecular flexibility index (Phi) is 3.79. The highest BCUT2D eigenvalue weighted by Gasteiger charge is 2.11. The van der Waals surface area contributed by atoms with E-state index in [1.807, 2.05) is 30.5 Å². The average molecular weight is 212 g/mol. The summed E-state index contributed by atoms with van der Waals surface area (Å²) in [7, 11) is 5.11. The van der Waals surface area contributed by atoms with Gasteiger partial charge in [0.15, 0.2) is 0 Å². The number of likely N-dealkylation sites (N-methyl/N-ethyl adjacent to an activating group) is 1. The standard InChI is InChI=1S/C9H16N4O2/c1-7-10-11-8(13(7)3)5-12(2)6-9(14)15-4/h5-6H2,1-4H3. The number of carbonyl (C=O) groups is 1. The number of nitrogens with zero attached hydrogens (tertiary/aromatic N) is 4. The van der Waals surface area contributed by atoms with Gasteiger partial charge in [0.05, 0.1) is 20.2 Å².